The fourth-order valence-electron chi connectivity index (χ4n) is 3.64. The third-order valence-electron chi connectivity index (χ3n) is 5.39. The van der Waals surface area contributed by atoms with Crippen LogP contribution in [-0.2, 0) is 16.2 Å². The van der Waals surface area contributed by atoms with Gasteiger partial charge in [-0.3, -0.25) is 14.9 Å². The Balaban J connectivity index is 1.66. The van der Waals surface area contributed by atoms with Gasteiger partial charge in [-0.25, -0.2) is 9.69 Å². The van der Waals surface area contributed by atoms with Gasteiger partial charge in [0.15, 0.2) is 11.5 Å². The van der Waals surface area contributed by atoms with Crippen LogP contribution in [-0.4, -0.2) is 25.0 Å². The average Bonchev–Trinajstić information content (AvgIpc) is 2.83. The van der Waals surface area contributed by atoms with Gasteiger partial charge in [0, 0.05) is 14.5 Å². The Morgan fingerprint density at radius 3 is 2.50 bits per heavy atom. The van der Waals surface area contributed by atoms with E-state index < -0.39 is 17.8 Å². The van der Waals surface area contributed by atoms with Gasteiger partial charge >= 0.3 is 6.03 Å². The van der Waals surface area contributed by atoms with Crippen LogP contribution in [0.2, 0.25) is 5.02 Å². The van der Waals surface area contributed by atoms with Gasteiger partial charge in [-0.15, -0.1) is 0 Å². The number of aryl methyl sites for hydroxylation is 1. The lowest BCUT2D eigenvalue weighted by atomic mass is 10.1. The van der Waals surface area contributed by atoms with Crippen LogP contribution in [0.1, 0.15) is 16.7 Å². The number of imide groups is 2. The highest BCUT2D eigenvalue weighted by Crippen LogP contribution is 2.38. The molecule has 184 valence electrons. The molecular weight excluding hydrogens is 616 g/mol. The average molecular weight is 635 g/mol. The number of amides is 4. The van der Waals surface area contributed by atoms with E-state index in [1.54, 1.807) is 37.3 Å². The molecule has 0 spiro atoms. The van der Waals surface area contributed by atoms with E-state index in [1.165, 1.54) is 13.2 Å². The smallest absolute Gasteiger partial charge is 0.335 e. The van der Waals surface area contributed by atoms with Crippen molar-refractivity contribution in [2.75, 3.05) is 12.0 Å². The Morgan fingerprint density at radius 2 is 1.81 bits per heavy atom. The van der Waals surface area contributed by atoms with Crippen molar-refractivity contribution in [2.45, 2.75) is 13.5 Å². The van der Waals surface area contributed by atoms with Crippen molar-refractivity contribution in [3.8, 4) is 11.5 Å². The van der Waals surface area contributed by atoms with Crippen molar-refractivity contribution in [3.63, 3.8) is 0 Å². The standard InChI is InChI=1S/C26H19Br2ClN2O5/c1-14-9-17(27)7-8-21(14)31-25(33)18(24(32)30-26(31)34)10-15-11-20(29)23(22(12-15)35-2)36-13-16-5-3-4-6-19(16)28/h3-12H,13H2,1-2H3,(H,30,32,34)/b18-10-. The number of nitrogens with zero attached hydrogens (tertiary/aromatic N) is 1. The van der Waals surface area contributed by atoms with Gasteiger partial charge in [0.05, 0.1) is 17.8 Å². The van der Waals surface area contributed by atoms with E-state index in [1.807, 2.05) is 24.3 Å². The molecule has 36 heavy (non-hydrogen) atoms. The van der Waals surface area contributed by atoms with Crippen LogP contribution in [0, 0.1) is 6.92 Å². The second-order valence-corrected chi connectivity index (χ2v) is 9.98. The maximum atomic E-state index is 13.3. The molecule has 0 aromatic heterocycles. The fraction of sp³-hybridized carbons (Fsp3) is 0.115. The number of hydrogen-bond acceptors (Lipinski definition) is 5. The molecule has 0 saturated carbocycles. The van der Waals surface area contributed by atoms with Gasteiger partial charge in [-0.2, -0.15) is 0 Å². The number of halogens is 3. The zero-order chi connectivity index (χ0) is 26.0. The molecule has 1 aliphatic heterocycles. The van der Waals surface area contributed by atoms with Gasteiger partial charge in [-0.1, -0.05) is 61.7 Å². The Kier molecular flexibility index (Phi) is 7.82. The lowest BCUT2D eigenvalue weighted by Crippen LogP contribution is -2.54. The molecule has 1 fully saturated rings. The SMILES string of the molecule is COc1cc(/C=C2/C(=O)NC(=O)N(c3ccc(Br)cc3C)C2=O)cc(Cl)c1OCc1ccccc1Br. The molecule has 1 N–H and O–H groups in total. The normalized spacial score (nSPS) is 14.8. The number of carbonyl (C=O) groups is 3. The molecular formula is C26H19Br2ClN2O5. The van der Waals surface area contributed by atoms with Crippen molar-refractivity contribution in [3.05, 3.63) is 90.8 Å². The Hall–Kier alpha value is -3.14. The summed E-state index contributed by atoms with van der Waals surface area (Å²) in [5, 5.41) is 2.45. The molecule has 0 unspecified atom stereocenters. The van der Waals surface area contributed by atoms with Gasteiger partial charge < -0.3 is 9.47 Å². The number of benzene rings is 3. The summed E-state index contributed by atoms with van der Waals surface area (Å²) in [6.45, 7) is 2.00. The molecule has 10 heteroatoms. The molecule has 0 radical (unpaired) electrons. The number of ether oxygens (including phenoxy) is 2. The highest BCUT2D eigenvalue weighted by atomic mass is 79.9. The first-order valence-corrected chi connectivity index (χ1v) is 12.6. The van der Waals surface area contributed by atoms with Crippen LogP contribution in [0.25, 0.3) is 6.08 Å². The van der Waals surface area contributed by atoms with E-state index in [2.05, 4.69) is 37.2 Å². The molecule has 1 heterocycles. The van der Waals surface area contributed by atoms with E-state index in [4.69, 9.17) is 21.1 Å². The van der Waals surface area contributed by atoms with Crippen LogP contribution < -0.4 is 19.7 Å². The minimum absolute atomic E-state index is 0.225. The molecule has 7 nitrogen and oxygen atoms in total. The van der Waals surface area contributed by atoms with E-state index >= 15 is 0 Å². The fourth-order valence-corrected chi connectivity index (χ4v) is 4.79. The predicted molar refractivity (Wildman–Crippen MR) is 144 cm³/mol. The molecule has 3 aromatic rings. The van der Waals surface area contributed by atoms with E-state index in [0.29, 0.717) is 28.3 Å². The largest absolute Gasteiger partial charge is 0.493 e. The molecule has 1 aliphatic rings. The molecule has 0 atom stereocenters. The first kappa shape index (κ1) is 25.9. The molecule has 0 aliphatic carbocycles. The third kappa shape index (κ3) is 5.33. The van der Waals surface area contributed by atoms with Gasteiger partial charge in [0.1, 0.15) is 12.2 Å². The number of carbonyl (C=O) groups excluding carboxylic acids is 3. The summed E-state index contributed by atoms with van der Waals surface area (Å²) >= 11 is 13.3. The van der Waals surface area contributed by atoms with Gasteiger partial charge in [-0.05, 0) is 60.5 Å². The Labute approximate surface area is 229 Å². The van der Waals surface area contributed by atoms with Crippen LogP contribution in [0.4, 0.5) is 10.5 Å². The summed E-state index contributed by atoms with van der Waals surface area (Å²) in [6.07, 6.45) is 1.36. The number of anilines is 1. The number of urea groups is 1. The number of rotatable bonds is 6. The number of methoxy groups -OCH3 is 1. The lowest BCUT2D eigenvalue weighted by Gasteiger charge is -2.27. The lowest BCUT2D eigenvalue weighted by molar-refractivity contribution is -0.122. The molecule has 0 bridgehead atoms. The van der Waals surface area contributed by atoms with Crippen molar-refractivity contribution >= 4 is 73.1 Å². The van der Waals surface area contributed by atoms with E-state index in [-0.39, 0.29) is 17.2 Å². The van der Waals surface area contributed by atoms with Gasteiger partial charge in [0.25, 0.3) is 11.8 Å². The zero-order valence-corrected chi connectivity index (χ0v) is 23.0. The second-order valence-electron chi connectivity index (χ2n) is 7.80. The summed E-state index contributed by atoms with van der Waals surface area (Å²) in [7, 11) is 1.46. The highest BCUT2D eigenvalue weighted by molar-refractivity contribution is 9.10. The minimum Gasteiger partial charge on any atom is -0.493 e. The first-order valence-electron chi connectivity index (χ1n) is 10.6. The first-order chi connectivity index (χ1) is 17.2. The summed E-state index contributed by atoms with van der Waals surface area (Å²) in [6, 6.07) is 15.1. The Morgan fingerprint density at radius 1 is 1.06 bits per heavy atom. The van der Waals surface area contributed by atoms with Crippen LogP contribution >= 0.6 is 43.5 Å². The van der Waals surface area contributed by atoms with Crippen molar-refractivity contribution in [1.82, 2.24) is 5.32 Å². The molecule has 4 rings (SSSR count). The Bertz CT molecular complexity index is 1420. The highest BCUT2D eigenvalue weighted by Gasteiger charge is 2.37. The summed E-state index contributed by atoms with van der Waals surface area (Å²) < 4.78 is 13.1. The molecule has 4 amide bonds. The number of barbiturate groups is 1. The van der Waals surface area contributed by atoms with Crippen molar-refractivity contribution < 1.29 is 23.9 Å². The van der Waals surface area contributed by atoms with Crippen LogP contribution in [0.15, 0.2) is 69.1 Å². The van der Waals surface area contributed by atoms with Crippen molar-refractivity contribution in [2.24, 2.45) is 0 Å². The maximum absolute atomic E-state index is 13.3. The number of nitrogens with one attached hydrogen (secondary N) is 1. The maximum Gasteiger partial charge on any atom is 0.335 e. The second kappa shape index (κ2) is 10.9. The van der Waals surface area contributed by atoms with E-state index in [0.717, 1.165) is 19.4 Å². The van der Waals surface area contributed by atoms with Crippen molar-refractivity contribution in [1.29, 1.82) is 0 Å². The monoisotopic (exact) mass is 632 g/mol. The van der Waals surface area contributed by atoms with Gasteiger partial charge in [0.2, 0.25) is 0 Å². The molecule has 3 aromatic carbocycles. The topological polar surface area (TPSA) is 84.9 Å². The summed E-state index contributed by atoms with van der Waals surface area (Å²) in [5.41, 5.74) is 2.16. The van der Waals surface area contributed by atoms with Crippen LogP contribution in [0.5, 0.6) is 11.5 Å². The summed E-state index contributed by atoms with van der Waals surface area (Å²) in [4.78, 5) is 39.3. The molecule has 1 saturated heterocycles. The zero-order valence-electron chi connectivity index (χ0n) is 19.1. The third-order valence-corrected chi connectivity index (χ3v) is 6.94. The quantitative estimate of drug-likeness (QED) is 0.250. The van der Waals surface area contributed by atoms with Crippen LogP contribution in [0.3, 0.4) is 0 Å². The predicted octanol–water partition coefficient (Wildman–Crippen LogP) is 6.43. The minimum atomic E-state index is -0.820. The number of hydrogen-bond donors (Lipinski definition) is 1. The summed E-state index contributed by atoms with van der Waals surface area (Å²) in [5.74, 6) is -0.917. The van der Waals surface area contributed by atoms with E-state index in [9.17, 15) is 14.4 Å².